The minimum absolute atomic E-state index is 0.320. The van der Waals surface area contributed by atoms with Crippen molar-refractivity contribution in [1.82, 2.24) is 19.6 Å². The predicted molar refractivity (Wildman–Crippen MR) is 57.6 cm³/mol. The lowest BCUT2D eigenvalue weighted by molar-refractivity contribution is 0.577. The van der Waals surface area contributed by atoms with E-state index in [4.69, 9.17) is 10.2 Å². The summed E-state index contributed by atoms with van der Waals surface area (Å²) >= 11 is 0. The van der Waals surface area contributed by atoms with Gasteiger partial charge in [-0.15, -0.1) is 5.10 Å². The summed E-state index contributed by atoms with van der Waals surface area (Å²) in [6.45, 7) is 1.86. The van der Waals surface area contributed by atoms with E-state index in [1.807, 2.05) is 13.0 Å². The van der Waals surface area contributed by atoms with E-state index in [9.17, 15) is 0 Å². The SMILES string of the molecule is Cc1cc2nc(-c3ccco3)nn2c(N)n1. The molecule has 80 valence electrons. The molecule has 0 radical (unpaired) electrons. The van der Waals surface area contributed by atoms with Crippen LogP contribution in [0.3, 0.4) is 0 Å². The third-order valence-corrected chi connectivity index (χ3v) is 2.22. The zero-order valence-electron chi connectivity index (χ0n) is 8.58. The van der Waals surface area contributed by atoms with E-state index in [0.717, 1.165) is 5.69 Å². The van der Waals surface area contributed by atoms with Gasteiger partial charge in [0.05, 0.1) is 6.26 Å². The highest BCUT2D eigenvalue weighted by molar-refractivity contribution is 5.54. The lowest BCUT2D eigenvalue weighted by atomic mass is 10.4. The zero-order chi connectivity index (χ0) is 11.1. The molecular formula is C10H9N5O. The molecule has 0 atom stereocenters. The van der Waals surface area contributed by atoms with Gasteiger partial charge in [-0.2, -0.15) is 4.52 Å². The lowest BCUT2D eigenvalue weighted by Crippen LogP contribution is -2.02. The first kappa shape index (κ1) is 8.90. The molecule has 3 rings (SSSR count). The van der Waals surface area contributed by atoms with Crippen LogP contribution >= 0.6 is 0 Å². The van der Waals surface area contributed by atoms with Gasteiger partial charge < -0.3 is 10.2 Å². The molecule has 3 heterocycles. The van der Waals surface area contributed by atoms with Crippen molar-refractivity contribution in [2.45, 2.75) is 6.92 Å². The summed E-state index contributed by atoms with van der Waals surface area (Å²) in [6, 6.07) is 5.40. The molecule has 6 heteroatoms. The predicted octanol–water partition coefficient (Wildman–Crippen LogP) is 1.27. The van der Waals surface area contributed by atoms with E-state index < -0.39 is 0 Å². The number of furan rings is 1. The largest absolute Gasteiger partial charge is 0.461 e. The first-order valence-corrected chi connectivity index (χ1v) is 4.78. The minimum atomic E-state index is 0.320. The van der Waals surface area contributed by atoms with Crippen LogP contribution in [0.25, 0.3) is 17.2 Å². The molecule has 0 aliphatic rings. The van der Waals surface area contributed by atoms with Crippen molar-refractivity contribution in [3.8, 4) is 11.6 Å². The molecule has 6 nitrogen and oxygen atoms in total. The highest BCUT2D eigenvalue weighted by Crippen LogP contribution is 2.17. The average Bonchev–Trinajstić information content (AvgIpc) is 2.82. The normalized spacial score (nSPS) is 11.1. The van der Waals surface area contributed by atoms with Crippen molar-refractivity contribution in [2.24, 2.45) is 0 Å². The molecule has 0 unspecified atom stereocenters. The van der Waals surface area contributed by atoms with Crippen LogP contribution in [0.1, 0.15) is 5.69 Å². The fraction of sp³-hybridized carbons (Fsp3) is 0.100. The summed E-state index contributed by atoms with van der Waals surface area (Å²) in [6.07, 6.45) is 1.58. The fourth-order valence-corrected chi connectivity index (χ4v) is 1.54. The van der Waals surface area contributed by atoms with Gasteiger partial charge in [0.1, 0.15) is 0 Å². The highest BCUT2D eigenvalue weighted by Gasteiger charge is 2.10. The first-order valence-electron chi connectivity index (χ1n) is 4.78. The van der Waals surface area contributed by atoms with Gasteiger partial charge in [-0.3, -0.25) is 0 Å². The van der Waals surface area contributed by atoms with E-state index >= 15 is 0 Å². The van der Waals surface area contributed by atoms with Crippen LogP contribution in [0.15, 0.2) is 28.9 Å². The maximum Gasteiger partial charge on any atom is 0.223 e. The maximum atomic E-state index is 5.74. The Balaban J connectivity index is 2.27. The molecule has 0 amide bonds. The second-order valence-electron chi connectivity index (χ2n) is 3.44. The van der Waals surface area contributed by atoms with Crippen LogP contribution in [-0.4, -0.2) is 19.6 Å². The Kier molecular flexibility index (Phi) is 1.70. The van der Waals surface area contributed by atoms with Gasteiger partial charge in [0.2, 0.25) is 11.8 Å². The zero-order valence-corrected chi connectivity index (χ0v) is 8.58. The third kappa shape index (κ3) is 1.23. The van der Waals surface area contributed by atoms with Gasteiger partial charge in [0, 0.05) is 11.8 Å². The van der Waals surface area contributed by atoms with Crippen molar-refractivity contribution >= 4 is 11.6 Å². The second-order valence-corrected chi connectivity index (χ2v) is 3.44. The van der Waals surface area contributed by atoms with Crippen molar-refractivity contribution in [1.29, 1.82) is 0 Å². The van der Waals surface area contributed by atoms with Crippen molar-refractivity contribution in [3.05, 3.63) is 30.2 Å². The molecular weight excluding hydrogens is 206 g/mol. The van der Waals surface area contributed by atoms with E-state index in [0.29, 0.717) is 23.2 Å². The number of nitrogens with zero attached hydrogens (tertiary/aromatic N) is 4. The number of aryl methyl sites for hydroxylation is 1. The van der Waals surface area contributed by atoms with Crippen molar-refractivity contribution in [3.63, 3.8) is 0 Å². The molecule has 16 heavy (non-hydrogen) atoms. The summed E-state index contributed by atoms with van der Waals surface area (Å²) in [5.41, 5.74) is 7.21. The number of nitrogen functional groups attached to an aromatic ring is 1. The molecule has 2 N–H and O–H groups in total. The van der Waals surface area contributed by atoms with Crippen LogP contribution in [-0.2, 0) is 0 Å². The summed E-state index contributed by atoms with van der Waals surface area (Å²) in [5.74, 6) is 1.44. The molecule has 0 aliphatic heterocycles. The first-order chi connectivity index (χ1) is 7.74. The topological polar surface area (TPSA) is 82.2 Å². The lowest BCUT2D eigenvalue weighted by Gasteiger charge is -1.96. The molecule has 0 aliphatic carbocycles. The third-order valence-electron chi connectivity index (χ3n) is 2.22. The van der Waals surface area contributed by atoms with Crippen molar-refractivity contribution < 1.29 is 4.42 Å². The van der Waals surface area contributed by atoms with Gasteiger partial charge in [-0.05, 0) is 19.1 Å². The number of fused-ring (bicyclic) bond motifs is 1. The number of hydrogen-bond donors (Lipinski definition) is 1. The summed E-state index contributed by atoms with van der Waals surface area (Å²) < 4.78 is 6.71. The van der Waals surface area contributed by atoms with Gasteiger partial charge >= 0.3 is 0 Å². The Morgan fingerprint density at radius 2 is 2.25 bits per heavy atom. The number of hydrogen-bond acceptors (Lipinski definition) is 5. The molecule has 3 aromatic heterocycles. The van der Waals surface area contributed by atoms with E-state index in [2.05, 4.69) is 15.1 Å². The van der Waals surface area contributed by atoms with Crippen LogP contribution in [0.2, 0.25) is 0 Å². The molecule has 0 aromatic carbocycles. The quantitative estimate of drug-likeness (QED) is 0.661. The van der Waals surface area contributed by atoms with Crippen LogP contribution in [0.5, 0.6) is 0 Å². The van der Waals surface area contributed by atoms with Crippen LogP contribution in [0.4, 0.5) is 5.95 Å². The van der Waals surface area contributed by atoms with Crippen LogP contribution in [0, 0.1) is 6.92 Å². The highest BCUT2D eigenvalue weighted by atomic mass is 16.3. The van der Waals surface area contributed by atoms with Crippen LogP contribution < -0.4 is 5.73 Å². The Morgan fingerprint density at radius 1 is 1.38 bits per heavy atom. The van der Waals surface area contributed by atoms with E-state index in [1.165, 1.54) is 4.52 Å². The number of nitrogens with two attached hydrogens (primary N) is 1. The van der Waals surface area contributed by atoms with E-state index in [1.54, 1.807) is 18.4 Å². The van der Waals surface area contributed by atoms with Crippen molar-refractivity contribution in [2.75, 3.05) is 5.73 Å². The van der Waals surface area contributed by atoms with E-state index in [-0.39, 0.29) is 0 Å². The Morgan fingerprint density at radius 3 is 3.00 bits per heavy atom. The molecule has 0 saturated carbocycles. The standard InChI is InChI=1S/C10H9N5O/c1-6-5-8-13-9(7-3-2-4-16-7)14-15(8)10(11)12-6/h2-5H,1H3,(H2,11,12). The Labute approximate surface area is 90.7 Å². The number of rotatable bonds is 1. The minimum Gasteiger partial charge on any atom is -0.461 e. The smallest absolute Gasteiger partial charge is 0.223 e. The number of aromatic nitrogens is 4. The second kappa shape index (κ2) is 3.06. The maximum absolute atomic E-state index is 5.74. The van der Waals surface area contributed by atoms with Gasteiger partial charge in [0.25, 0.3) is 0 Å². The molecule has 0 fully saturated rings. The summed E-state index contributed by atoms with van der Waals surface area (Å²) in [4.78, 5) is 8.42. The van der Waals surface area contributed by atoms with Gasteiger partial charge in [-0.25, -0.2) is 9.97 Å². The molecule has 0 spiro atoms. The van der Waals surface area contributed by atoms with Gasteiger partial charge in [-0.1, -0.05) is 0 Å². The Bertz CT molecular complexity index is 641. The summed E-state index contributed by atoms with van der Waals surface area (Å²) in [5, 5.41) is 4.22. The molecule has 3 aromatic rings. The molecule has 0 saturated heterocycles. The average molecular weight is 215 g/mol. The van der Waals surface area contributed by atoms with Gasteiger partial charge in [0.15, 0.2) is 11.4 Å². The number of anilines is 1. The fourth-order valence-electron chi connectivity index (χ4n) is 1.54. The monoisotopic (exact) mass is 215 g/mol. The Hall–Kier alpha value is -2.37. The summed E-state index contributed by atoms with van der Waals surface area (Å²) in [7, 11) is 0. The molecule has 0 bridgehead atoms.